The zero-order valence-corrected chi connectivity index (χ0v) is 11.7. The van der Waals surface area contributed by atoms with Crippen LogP contribution in [0, 0.1) is 0 Å². The number of hydrogen-bond acceptors (Lipinski definition) is 4. The Labute approximate surface area is 113 Å². The minimum absolute atomic E-state index is 0.237. The highest BCUT2D eigenvalue weighted by atomic mass is 16.2. The van der Waals surface area contributed by atoms with E-state index in [-0.39, 0.29) is 5.91 Å². The molecule has 19 heavy (non-hydrogen) atoms. The maximum Gasteiger partial charge on any atom is 0.311 e. The van der Waals surface area contributed by atoms with Gasteiger partial charge >= 0.3 is 11.8 Å². The summed E-state index contributed by atoms with van der Waals surface area (Å²) in [7, 11) is 3.21. The van der Waals surface area contributed by atoms with Crippen LogP contribution in [0.2, 0.25) is 0 Å². The summed E-state index contributed by atoms with van der Waals surface area (Å²) in [5, 5.41) is 5.60. The molecule has 0 aliphatic carbocycles. The van der Waals surface area contributed by atoms with Gasteiger partial charge in [-0.3, -0.25) is 14.4 Å². The summed E-state index contributed by atoms with van der Waals surface area (Å²) in [6.07, 6.45) is 0.825. The third-order valence-electron chi connectivity index (χ3n) is 2.98. The second kappa shape index (κ2) is 7.08. The maximum absolute atomic E-state index is 11.9. The van der Waals surface area contributed by atoms with E-state index in [9.17, 15) is 14.4 Å². The first kappa shape index (κ1) is 15.4. The summed E-state index contributed by atoms with van der Waals surface area (Å²) in [5.74, 6) is -1.52. The number of nitrogens with zero attached hydrogens (tertiary/aromatic N) is 2. The average Bonchev–Trinajstić information content (AvgIpc) is 2.65. The fourth-order valence-corrected chi connectivity index (χ4v) is 1.90. The minimum Gasteiger partial charge on any atom is -0.347 e. The molecule has 7 heteroatoms. The van der Waals surface area contributed by atoms with E-state index < -0.39 is 17.9 Å². The molecule has 1 aliphatic rings. The lowest BCUT2D eigenvalue weighted by Gasteiger charge is -2.21. The molecule has 0 spiro atoms. The Morgan fingerprint density at radius 1 is 1.21 bits per heavy atom. The van der Waals surface area contributed by atoms with Crippen LogP contribution in [0.5, 0.6) is 0 Å². The van der Waals surface area contributed by atoms with Crippen molar-refractivity contribution in [2.24, 2.45) is 0 Å². The van der Waals surface area contributed by atoms with Crippen LogP contribution in [0.3, 0.4) is 0 Å². The smallest absolute Gasteiger partial charge is 0.311 e. The van der Waals surface area contributed by atoms with E-state index in [4.69, 9.17) is 0 Å². The molecule has 2 N–H and O–H groups in total. The molecule has 0 aromatic heterocycles. The van der Waals surface area contributed by atoms with E-state index in [1.807, 2.05) is 0 Å². The van der Waals surface area contributed by atoms with Gasteiger partial charge in [0.1, 0.15) is 6.04 Å². The Hall–Kier alpha value is -1.63. The van der Waals surface area contributed by atoms with Gasteiger partial charge in [-0.1, -0.05) is 0 Å². The molecule has 108 valence electrons. The molecule has 1 rings (SSSR count). The van der Waals surface area contributed by atoms with Gasteiger partial charge in [0, 0.05) is 33.7 Å². The van der Waals surface area contributed by atoms with Crippen molar-refractivity contribution in [2.45, 2.75) is 19.4 Å². The number of carbonyl (C=O) groups is 3. The van der Waals surface area contributed by atoms with Crippen LogP contribution in [0.25, 0.3) is 0 Å². The first-order chi connectivity index (χ1) is 8.93. The van der Waals surface area contributed by atoms with Gasteiger partial charge in [-0.25, -0.2) is 0 Å². The van der Waals surface area contributed by atoms with E-state index in [0.29, 0.717) is 19.6 Å². The van der Waals surface area contributed by atoms with E-state index in [1.165, 1.54) is 9.80 Å². The van der Waals surface area contributed by atoms with Crippen LogP contribution in [0.4, 0.5) is 0 Å². The van der Waals surface area contributed by atoms with Crippen molar-refractivity contribution in [3.63, 3.8) is 0 Å². The predicted octanol–water partition coefficient (Wildman–Crippen LogP) is -1.60. The van der Waals surface area contributed by atoms with Gasteiger partial charge in [0.15, 0.2) is 0 Å². The van der Waals surface area contributed by atoms with Gasteiger partial charge in [-0.2, -0.15) is 0 Å². The Balaban J connectivity index is 2.52. The lowest BCUT2D eigenvalue weighted by atomic mass is 10.3. The first-order valence-corrected chi connectivity index (χ1v) is 6.45. The van der Waals surface area contributed by atoms with Crippen molar-refractivity contribution < 1.29 is 14.4 Å². The molecule has 1 fully saturated rings. The largest absolute Gasteiger partial charge is 0.347 e. The molecular formula is C12H22N4O3. The third-order valence-corrected chi connectivity index (χ3v) is 2.98. The zero-order chi connectivity index (χ0) is 14.4. The van der Waals surface area contributed by atoms with Gasteiger partial charge in [-0.05, 0) is 19.9 Å². The molecule has 0 bridgehead atoms. The molecular weight excluding hydrogens is 248 g/mol. The highest BCUT2D eigenvalue weighted by molar-refractivity contribution is 6.35. The standard InChI is InChI=1S/C12H22N4O3/c1-9(11(18)15(2)3)14-10(17)12(19)16-7-4-5-13-6-8-16/h9,13H,4-8H2,1-3H3,(H,14,17). The molecule has 1 saturated heterocycles. The Bertz CT molecular complexity index is 349. The van der Waals surface area contributed by atoms with E-state index >= 15 is 0 Å². The Morgan fingerprint density at radius 3 is 2.53 bits per heavy atom. The molecule has 1 unspecified atom stereocenters. The highest BCUT2D eigenvalue weighted by Crippen LogP contribution is 1.97. The summed E-state index contributed by atoms with van der Waals surface area (Å²) >= 11 is 0. The van der Waals surface area contributed by atoms with E-state index in [2.05, 4.69) is 10.6 Å². The summed E-state index contributed by atoms with van der Waals surface area (Å²) in [5.41, 5.74) is 0. The van der Waals surface area contributed by atoms with Gasteiger partial charge in [0.2, 0.25) is 5.91 Å². The van der Waals surface area contributed by atoms with Crippen molar-refractivity contribution in [3.05, 3.63) is 0 Å². The van der Waals surface area contributed by atoms with E-state index in [1.54, 1.807) is 21.0 Å². The van der Waals surface area contributed by atoms with Crippen molar-refractivity contribution >= 4 is 17.7 Å². The second-order valence-electron chi connectivity index (χ2n) is 4.82. The fraction of sp³-hybridized carbons (Fsp3) is 0.750. The van der Waals surface area contributed by atoms with Crippen molar-refractivity contribution in [1.29, 1.82) is 0 Å². The predicted molar refractivity (Wildman–Crippen MR) is 70.4 cm³/mol. The van der Waals surface area contributed by atoms with Gasteiger partial charge < -0.3 is 20.4 Å². The maximum atomic E-state index is 11.9. The minimum atomic E-state index is -0.718. The molecule has 0 radical (unpaired) electrons. The average molecular weight is 270 g/mol. The van der Waals surface area contributed by atoms with Crippen LogP contribution < -0.4 is 10.6 Å². The number of hydrogen-bond donors (Lipinski definition) is 2. The van der Waals surface area contributed by atoms with Crippen LogP contribution >= 0.6 is 0 Å². The SMILES string of the molecule is CC(NC(=O)C(=O)N1CCCNCC1)C(=O)N(C)C. The Morgan fingerprint density at radius 2 is 1.89 bits per heavy atom. The number of rotatable bonds is 2. The molecule has 7 nitrogen and oxygen atoms in total. The van der Waals surface area contributed by atoms with Gasteiger partial charge in [0.25, 0.3) is 0 Å². The monoisotopic (exact) mass is 270 g/mol. The molecule has 0 aromatic rings. The van der Waals surface area contributed by atoms with Crippen LogP contribution in [0.1, 0.15) is 13.3 Å². The summed E-state index contributed by atoms with van der Waals surface area (Å²) < 4.78 is 0. The fourth-order valence-electron chi connectivity index (χ4n) is 1.90. The molecule has 0 saturated carbocycles. The third kappa shape index (κ3) is 4.51. The second-order valence-corrected chi connectivity index (χ2v) is 4.82. The zero-order valence-electron chi connectivity index (χ0n) is 11.7. The molecule has 1 aliphatic heterocycles. The summed E-state index contributed by atoms with van der Waals surface area (Å²) in [6.45, 7) is 4.18. The number of carbonyl (C=O) groups excluding carboxylic acids is 3. The number of likely N-dealkylation sites (N-methyl/N-ethyl adjacent to an activating group) is 1. The topological polar surface area (TPSA) is 81.8 Å². The quantitative estimate of drug-likeness (QED) is 0.592. The number of nitrogens with one attached hydrogen (secondary N) is 2. The lowest BCUT2D eigenvalue weighted by Crippen LogP contribution is -2.50. The molecule has 1 heterocycles. The van der Waals surface area contributed by atoms with Gasteiger partial charge in [0.05, 0.1) is 0 Å². The van der Waals surface area contributed by atoms with Crippen LogP contribution in [-0.2, 0) is 14.4 Å². The van der Waals surface area contributed by atoms with Crippen LogP contribution in [0.15, 0.2) is 0 Å². The molecule has 1 atom stereocenters. The lowest BCUT2D eigenvalue weighted by molar-refractivity contribution is -0.147. The first-order valence-electron chi connectivity index (χ1n) is 6.45. The van der Waals surface area contributed by atoms with Crippen molar-refractivity contribution in [1.82, 2.24) is 20.4 Å². The summed E-state index contributed by atoms with van der Waals surface area (Å²) in [6, 6.07) is -0.698. The highest BCUT2D eigenvalue weighted by Gasteiger charge is 2.26. The van der Waals surface area contributed by atoms with Crippen LogP contribution in [-0.4, -0.2) is 73.8 Å². The van der Waals surface area contributed by atoms with Crippen molar-refractivity contribution in [2.75, 3.05) is 40.3 Å². The molecule has 0 aromatic carbocycles. The normalized spacial score (nSPS) is 17.3. The Kier molecular flexibility index (Phi) is 5.75. The van der Waals surface area contributed by atoms with Gasteiger partial charge in [-0.15, -0.1) is 0 Å². The summed E-state index contributed by atoms with van der Waals surface area (Å²) in [4.78, 5) is 38.2. The van der Waals surface area contributed by atoms with E-state index in [0.717, 1.165) is 13.0 Å². The molecule has 3 amide bonds. The number of amides is 3. The van der Waals surface area contributed by atoms with Crippen molar-refractivity contribution in [3.8, 4) is 0 Å².